The summed E-state index contributed by atoms with van der Waals surface area (Å²) in [5.74, 6) is -0.261. The molecule has 0 saturated carbocycles. The zero-order chi connectivity index (χ0) is 19.4. The Morgan fingerprint density at radius 1 is 1.33 bits per heavy atom. The second-order valence-electron chi connectivity index (χ2n) is 6.31. The minimum Gasteiger partial charge on any atom is -0.385 e. The molecule has 2 amide bonds. The number of thioether (sulfide) groups is 1. The van der Waals surface area contributed by atoms with Crippen LogP contribution in [0.25, 0.3) is 0 Å². The number of sulfonamides is 1. The molecule has 1 fully saturated rings. The zero-order valence-electron chi connectivity index (χ0n) is 15.1. The highest BCUT2D eigenvalue weighted by atomic mass is 32.3. The molecule has 27 heavy (non-hydrogen) atoms. The number of hydrogen-bond donors (Lipinski definition) is 1. The topological polar surface area (TPSA) is 96.0 Å². The van der Waals surface area contributed by atoms with E-state index in [4.69, 9.17) is 4.74 Å². The first-order valence-corrected chi connectivity index (χ1v) is 12.0. The van der Waals surface area contributed by atoms with Gasteiger partial charge in [-0.1, -0.05) is 0 Å². The molecule has 11 heteroatoms. The maximum absolute atomic E-state index is 12.8. The van der Waals surface area contributed by atoms with E-state index in [1.54, 1.807) is 7.11 Å². The normalized spacial score (nSPS) is 18.0. The Hall–Kier alpha value is -1.14. The first-order chi connectivity index (χ1) is 12.9. The van der Waals surface area contributed by atoms with E-state index in [-0.39, 0.29) is 28.3 Å². The molecule has 3 rings (SSSR count). The van der Waals surface area contributed by atoms with Crippen LogP contribution in [0, 0.1) is 0 Å². The predicted molar refractivity (Wildman–Crippen MR) is 105 cm³/mol. The van der Waals surface area contributed by atoms with Crippen molar-refractivity contribution in [2.75, 3.05) is 50.5 Å². The Bertz CT molecular complexity index is 802. The molecule has 0 unspecified atom stereocenters. The van der Waals surface area contributed by atoms with Crippen molar-refractivity contribution >= 4 is 50.6 Å². The molecular weight excluding hydrogens is 410 g/mol. The van der Waals surface area contributed by atoms with Crippen LogP contribution < -0.4 is 10.2 Å². The maximum atomic E-state index is 12.8. The highest BCUT2D eigenvalue weighted by Gasteiger charge is 2.34. The number of thiophene rings is 1. The fraction of sp³-hybridized carbons (Fsp3) is 0.625. The van der Waals surface area contributed by atoms with Crippen LogP contribution in [0.2, 0.25) is 0 Å². The highest BCUT2D eigenvalue weighted by molar-refractivity contribution is 8.02. The van der Waals surface area contributed by atoms with Crippen LogP contribution in [0.4, 0.5) is 5.69 Å². The third-order valence-corrected chi connectivity index (χ3v) is 9.12. The molecule has 1 saturated heterocycles. The number of amides is 2. The van der Waals surface area contributed by atoms with Crippen molar-refractivity contribution in [1.29, 1.82) is 0 Å². The zero-order valence-corrected chi connectivity index (χ0v) is 17.6. The van der Waals surface area contributed by atoms with Gasteiger partial charge in [-0.3, -0.25) is 9.59 Å². The lowest BCUT2D eigenvalue weighted by atomic mass is 10.3. The lowest BCUT2D eigenvalue weighted by Gasteiger charge is -2.25. The molecule has 0 radical (unpaired) electrons. The van der Waals surface area contributed by atoms with Crippen molar-refractivity contribution < 1.29 is 22.7 Å². The molecule has 2 aliphatic heterocycles. The van der Waals surface area contributed by atoms with Gasteiger partial charge >= 0.3 is 0 Å². The monoisotopic (exact) mass is 433 g/mol. The Balaban J connectivity index is 1.74. The maximum Gasteiger partial charge on any atom is 0.252 e. The van der Waals surface area contributed by atoms with E-state index in [1.807, 2.05) is 0 Å². The largest absolute Gasteiger partial charge is 0.385 e. The van der Waals surface area contributed by atoms with E-state index < -0.39 is 10.0 Å². The van der Waals surface area contributed by atoms with Gasteiger partial charge in [-0.05, 0) is 25.3 Å². The number of methoxy groups -OCH3 is 1. The van der Waals surface area contributed by atoms with Gasteiger partial charge in [0.2, 0.25) is 11.8 Å². The lowest BCUT2D eigenvalue weighted by molar-refractivity contribution is -0.123. The van der Waals surface area contributed by atoms with Crippen LogP contribution in [0.1, 0.15) is 19.3 Å². The molecule has 0 bridgehead atoms. The third-order valence-electron chi connectivity index (χ3n) is 4.38. The number of nitrogens with zero attached hydrogens (tertiary/aromatic N) is 2. The Labute approximate surface area is 167 Å². The van der Waals surface area contributed by atoms with Gasteiger partial charge in [0, 0.05) is 33.4 Å². The van der Waals surface area contributed by atoms with Crippen molar-refractivity contribution in [1.82, 2.24) is 9.62 Å². The minimum atomic E-state index is -3.54. The minimum absolute atomic E-state index is 0.112. The van der Waals surface area contributed by atoms with E-state index in [0.717, 1.165) is 17.1 Å². The average Bonchev–Trinajstić information content (AvgIpc) is 3.31. The number of hydrogen-bond acceptors (Lipinski definition) is 7. The number of carbonyl (C=O) groups excluding carboxylic acids is 2. The number of ether oxygens (including phenoxy) is 1. The van der Waals surface area contributed by atoms with Gasteiger partial charge in [0.25, 0.3) is 10.0 Å². The quantitative estimate of drug-likeness (QED) is 0.618. The molecule has 8 nitrogen and oxygen atoms in total. The fourth-order valence-electron chi connectivity index (χ4n) is 2.97. The average molecular weight is 434 g/mol. The van der Waals surface area contributed by atoms with Gasteiger partial charge in [-0.25, -0.2) is 8.42 Å². The van der Waals surface area contributed by atoms with Gasteiger partial charge in [0.15, 0.2) is 0 Å². The number of rotatable bonds is 8. The molecular formula is C16H23N3O5S3. The summed E-state index contributed by atoms with van der Waals surface area (Å²) in [7, 11) is -1.94. The molecule has 3 heterocycles. The van der Waals surface area contributed by atoms with Crippen molar-refractivity contribution in [3.05, 3.63) is 6.07 Å². The summed E-state index contributed by atoms with van der Waals surface area (Å²) in [6.45, 7) is 1.97. The summed E-state index contributed by atoms with van der Waals surface area (Å²) in [4.78, 5) is 25.9. The van der Waals surface area contributed by atoms with Gasteiger partial charge in [0.1, 0.15) is 10.8 Å². The molecule has 0 atom stereocenters. The van der Waals surface area contributed by atoms with Crippen LogP contribution in [-0.4, -0.2) is 70.2 Å². The smallest absolute Gasteiger partial charge is 0.252 e. The lowest BCUT2D eigenvalue weighted by Crippen LogP contribution is -2.43. The molecule has 0 aliphatic carbocycles. The number of anilines is 1. The van der Waals surface area contributed by atoms with Crippen molar-refractivity contribution in [2.45, 2.75) is 27.7 Å². The summed E-state index contributed by atoms with van der Waals surface area (Å²) >= 11 is 2.51. The van der Waals surface area contributed by atoms with Gasteiger partial charge in [-0.15, -0.1) is 23.1 Å². The van der Waals surface area contributed by atoms with Crippen LogP contribution in [0.3, 0.4) is 0 Å². The van der Waals surface area contributed by atoms with Gasteiger partial charge in [-0.2, -0.15) is 4.31 Å². The van der Waals surface area contributed by atoms with E-state index in [0.29, 0.717) is 38.3 Å². The Kier molecular flexibility index (Phi) is 6.79. The third kappa shape index (κ3) is 4.65. The second kappa shape index (κ2) is 8.91. The number of fused-ring (bicyclic) bond motifs is 1. The molecule has 0 spiro atoms. The molecule has 1 aromatic heterocycles. The summed E-state index contributed by atoms with van der Waals surface area (Å²) in [6, 6.07) is 1.54. The summed E-state index contributed by atoms with van der Waals surface area (Å²) in [5.41, 5.74) is 0.520. The second-order valence-corrected chi connectivity index (χ2v) is 10.8. The number of carbonyl (C=O) groups is 2. The molecule has 1 aromatic rings. The van der Waals surface area contributed by atoms with Crippen LogP contribution in [-0.2, 0) is 24.3 Å². The van der Waals surface area contributed by atoms with E-state index in [1.165, 1.54) is 38.4 Å². The number of nitrogens with one attached hydrogen (secondary N) is 1. The SMILES string of the molecule is COCCCNC(=O)CN1C(=O)CSc2sc(S(=O)(=O)N3CCCC3)cc21. The highest BCUT2D eigenvalue weighted by Crippen LogP contribution is 2.44. The summed E-state index contributed by atoms with van der Waals surface area (Å²) in [6.07, 6.45) is 2.42. The predicted octanol–water partition coefficient (Wildman–Crippen LogP) is 1.12. The first-order valence-electron chi connectivity index (χ1n) is 8.76. The molecule has 150 valence electrons. The van der Waals surface area contributed by atoms with Gasteiger partial charge < -0.3 is 15.0 Å². The molecule has 1 N–H and O–H groups in total. The van der Waals surface area contributed by atoms with Crippen molar-refractivity contribution in [3.63, 3.8) is 0 Å². The Morgan fingerprint density at radius 2 is 2.07 bits per heavy atom. The van der Waals surface area contributed by atoms with Crippen molar-refractivity contribution in [3.8, 4) is 0 Å². The van der Waals surface area contributed by atoms with E-state index in [9.17, 15) is 18.0 Å². The first kappa shape index (κ1) is 20.6. The summed E-state index contributed by atoms with van der Waals surface area (Å²) in [5, 5.41) is 2.76. The fourth-order valence-corrected chi connectivity index (χ4v) is 7.41. The van der Waals surface area contributed by atoms with Crippen molar-refractivity contribution in [2.24, 2.45) is 0 Å². The van der Waals surface area contributed by atoms with Gasteiger partial charge in [0.05, 0.1) is 15.6 Å². The molecule has 2 aliphatic rings. The van der Waals surface area contributed by atoms with Crippen LogP contribution in [0.5, 0.6) is 0 Å². The summed E-state index contributed by atoms with van der Waals surface area (Å²) < 4.78 is 33.0. The van der Waals surface area contributed by atoms with Crippen LogP contribution in [0.15, 0.2) is 14.5 Å². The Morgan fingerprint density at radius 3 is 2.78 bits per heavy atom. The van der Waals surface area contributed by atoms with E-state index >= 15 is 0 Å². The standard InChI is InChI=1S/C16H23N3O5S3/c1-24-8-4-5-17-13(20)10-19-12-9-15(26-16(12)25-11-14(19)21)27(22,23)18-6-2-3-7-18/h9H,2-8,10-11H2,1H3,(H,17,20). The van der Waals surface area contributed by atoms with E-state index in [2.05, 4.69) is 5.32 Å². The molecule has 0 aromatic carbocycles. The van der Waals surface area contributed by atoms with Crippen LogP contribution >= 0.6 is 23.1 Å².